The van der Waals surface area contributed by atoms with Crippen LogP contribution in [0.25, 0.3) is 0 Å². The van der Waals surface area contributed by atoms with Crippen molar-refractivity contribution in [1.82, 2.24) is 5.32 Å². The number of nitrogens with one attached hydrogen (secondary N) is 1. The van der Waals surface area contributed by atoms with Crippen molar-refractivity contribution in [3.63, 3.8) is 0 Å². The third-order valence-corrected chi connectivity index (χ3v) is 19.9. The standard InChI is InChI=1S/C89H155NO13/c1-3-5-7-9-11-13-15-17-19-21-23-25-27-29-31-33-35-36-37-38-39-40-41-42-43-45-47-49-51-53-55-57-59-61-63-65-67-69-71-73-81(94)90-77(76-100-88-86(99)84(97)87(80(75-92)102-88)103-89-85(98)83(96)82(95)79(74-91)101-89)78(93)72-70-68-66-64-62-60-58-56-54-52-50-48-46-44-34-32-30-28-26-24-22-20-18-16-14-12-10-8-6-4-2/h5,7,11,13,17,19,23,25,29,31,35-36,38-39,54,56,62,64,70,72,77-80,82-89,91-93,95-99H,3-4,6,8-10,12,14-16,18,20-22,24,26-28,30,32-34,37,40-53,55,57-61,63,65-69,71,73-76H2,1-2H3,(H,90,94)/b7-5-,13-11-,19-17-,25-23-,31-29-,36-35-,39-38-,56-54+,64-62+,72-70+. The molecular formula is C89H155NO13. The lowest BCUT2D eigenvalue weighted by atomic mass is 9.97. The van der Waals surface area contributed by atoms with Crippen LogP contribution in [0.1, 0.15) is 341 Å². The highest BCUT2D eigenvalue weighted by Crippen LogP contribution is 2.30. The van der Waals surface area contributed by atoms with Gasteiger partial charge < -0.3 is 65.1 Å². The van der Waals surface area contributed by atoms with E-state index in [4.69, 9.17) is 18.9 Å². The number of allylic oxidation sites excluding steroid dienone is 19. The molecule has 2 aliphatic rings. The Morgan fingerprint density at radius 3 is 1.07 bits per heavy atom. The number of hydrogen-bond acceptors (Lipinski definition) is 13. The van der Waals surface area contributed by atoms with Crippen LogP contribution in [-0.2, 0) is 23.7 Å². The molecular weight excluding hydrogens is 1290 g/mol. The van der Waals surface area contributed by atoms with E-state index >= 15 is 0 Å². The van der Waals surface area contributed by atoms with Gasteiger partial charge in [-0.1, -0.05) is 354 Å². The molecule has 2 fully saturated rings. The third kappa shape index (κ3) is 53.8. The first kappa shape index (κ1) is 95.5. The number of rotatable bonds is 70. The highest BCUT2D eigenvalue weighted by molar-refractivity contribution is 5.76. The summed E-state index contributed by atoms with van der Waals surface area (Å²) in [5.74, 6) is -0.252. The second kappa shape index (κ2) is 71.3. The summed E-state index contributed by atoms with van der Waals surface area (Å²) in [5, 5.41) is 87.7. The minimum Gasteiger partial charge on any atom is -0.394 e. The second-order valence-corrected chi connectivity index (χ2v) is 29.2. The molecule has 0 aromatic heterocycles. The van der Waals surface area contributed by atoms with Crippen molar-refractivity contribution in [1.29, 1.82) is 0 Å². The summed E-state index contributed by atoms with van der Waals surface area (Å²) < 4.78 is 22.9. The van der Waals surface area contributed by atoms with E-state index in [1.165, 1.54) is 218 Å². The van der Waals surface area contributed by atoms with Gasteiger partial charge >= 0.3 is 0 Å². The molecule has 2 aliphatic heterocycles. The summed E-state index contributed by atoms with van der Waals surface area (Å²) >= 11 is 0. The third-order valence-electron chi connectivity index (χ3n) is 19.9. The van der Waals surface area contributed by atoms with E-state index in [2.05, 4.69) is 129 Å². The number of aliphatic hydroxyl groups is 8. The Labute approximate surface area is 628 Å². The molecule has 594 valence electrons. The average Bonchev–Trinajstić information content (AvgIpc) is 0.791. The Hall–Kier alpha value is -3.61. The maximum absolute atomic E-state index is 13.4. The quantitative estimate of drug-likeness (QED) is 0.0204. The number of aliphatic hydroxyl groups excluding tert-OH is 8. The molecule has 0 aliphatic carbocycles. The molecule has 9 N–H and O–H groups in total. The van der Waals surface area contributed by atoms with E-state index < -0.39 is 86.8 Å². The summed E-state index contributed by atoms with van der Waals surface area (Å²) in [5.41, 5.74) is 0. The van der Waals surface area contributed by atoms with Gasteiger partial charge in [0.2, 0.25) is 5.91 Å². The van der Waals surface area contributed by atoms with E-state index in [0.717, 1.165) is 89.9 Å². The zero-order valence-corrected chi connectivity index (χ0v) is 65.3. The fourth-order valence-corrected chi connectivity index (χ4v) is 13.2. The molecule has 14 nitrogen and oxygen atoms in total. The SMILES string of the molecule is CC/C=C\C/C=C\C/C=C\C/C=C\C/C=C\C/C=C\C/C=C\CCCCCCCCCCCCCCCCCCCC(=O)NC(COC1OC(CO)C(OC2OC(CO)C(O)C(O)C2O)C(O)C1O)C(O)/C=C/CC/C=C/CC/C=C/CCCCCCCCCCCCCCCCCCCCCC. The average molecular weight is 1450 g/mol. The Balaban J connectivity index is 1.61. The molecule has 2 saturated heterocycles. The first-order chi connectivity index (χ1) is 50.6. The van der Waals surface area contributed by atoms with Gasteiger partial charge in [-0.2, -0.15) is 0 Å². The molecule has 14 heteroatoms. The minimum absolute atomic E-state index is 0.252. The maximum atomic E-state index is 13.4. The lowest BCUT2D eigenvalue weighted by molar-refractivity contribution is -0.359. The van der Waals surface area contributed by atoms with Gasteiger partial charge in [0.25, 0.3) is 0 Å². The second-order valence-electron chi connectivity index (χ2n) is 29.2. The first-order valence-electron chi connectivity index (χ1n) is 42.3. The van der Waals surface area contributed by atoms with Gasteiger partial charge in [0.05, 0.1) is 32.0 Å². The summed E-state index contributed by atoms with van der Waals surface area (Å²) in [4.78, 5) is 13.4. The smallest absolute Gasteiger partial charge is 0.220 e. The van der Waals surface area contributed by atoms with Crippen molar-refractivity contribution in [2.24, 2.45) is 0 Å². The van der Waals surface area contributed by atoms with E-state index in [1.54, 1.807) is 6.08 Å². The van der Waals surface area contributed by atoms with E-state index in [0.29, 0.717) is 12.8 Å². The van der Waals surface area contributed by atoms with Crippen LogP contribution in [0.5, 0.6) is 0 Å². The van der Waals surface area contributed by atoms with Gasteiger partial charge in [0, 0.05) is 6.42 Å². The van der Waals surface area contributed by atoms with Crippen molar-refractivity contribution in [2.75, 3.05) is 19.8 Å². The van der Waals surface area contributed by atoms with Gasteiger partial charge in [0.15, 0.2) is 12.6 Å². The molecule has 12 unspecified atom stereocenters. The molecule has 0 aromatic rings. The molecule has 1 amide bonds. The number of unbranched alkanes of at least 4 members (excludes halogenated alkanes) is 39. The molecule has 0 bridgehead atoms. The molecule has 103 heavy (non-hydrogen) atoms. The van der Waals surface area contributed by atoms with Crippen LogP contribution in [0.3, 0.4) is 0 Å². The lowest BCUT2D eigenvalue weighted by Crippen LogP contribution is -2.65. The van der Waals surface area contributed by atoms with Crippen molar-refractivity contribution >= 4 is 5.91 Å². The Bertz CT molecular complexity index is 2200. The maximum Gasteiger partial charge on any atom is 0.220 e. The Kier molecular flexibility index (Phi) is 66.1. The van der Waals surface area contributed by atoms with Crippen LogP contribution in [-0.4, -0.2) is 140 Å². The van der Waals surface area contributed by atoms with Crippen molar-refractivity contribution in [3.05, 3.63) is 122 Å². The predicted molar refractivity (Wildman–Crippen MR) is 429 cm³/mol. The topological polar surface area (TPSA) is 228 Å². The summed E-state index contributed by atoms with van der Waals surface area (Å²) in [6.45, 7) is 2.70. The van der Waals surface area contributed by atoms with Gasteiger partial charge in [-0.25, -0.2) is 0 Å². The molecule has 2 heterocycles. The van der Waals surface area contributed by atoms with Gasteiger partial charge in [-0.15, -0.1) is 0 Å². The molecule has 2 rings (SSSR count). The van der Waals surface area contributed by atoms with Crippen LogP contribution >= 0.6 is 0 Å². The van der Waals surface area contributed by atoms with E-state index in [1.807, 2.05) is 6.08 Å². The number of hydrogen-bond donors (Lipinski definition) is 9. The normalized spacial score (nSPS) is 22.2. The van der Waals surface area contributed by atoms with Crippen LogP contribution in [0, 0.1) is 0 Å². The predicted octanol–water partition coefficient (Wildman–Crippen LogP) is 20.0. The largest absolute Gasteiger partial charge is 0.394 e. The fourth-order valence-electron chi connectivity index (χ4n) is 13.2. The number of amides is 1. The van der Waals surface area contributed by atoms with E-state index in [-0.39, 0.29) is 18.9 Å². The number of carbonyl (C=O) groups is 1. The highest BCUT2D eigenvalue weighted by atomic mass is 16.7. The van der Waals surface area contributed by atoms with Crippen molar-refractivity contribution in [2.45, 2.75) is 415 Å². The molecule has 12 atom stereocenters. The summed E-state index contributed by atoms with van der Waals surface area (Å²) in [6.07, 6.45) is 88.6. The molecule has 0 aromatic carbocycles. The zero-order chi connectivity index (χ0) is 74.4. The Morgan fingerprint density at radius 1 is 0.359 bits per heavy atom. The van der Waals surface area contributed by atoms with Gasteiger partial charge in [-0.05, 0) is 103 Å². The van der Waals surface area contributed by atoms with Gasteiger partial charge in [0.1, 0.15) is 48.8 Å². The summed E-state index contributed by atoms with van der Waals surface area (Å²) in [7, 11) is 0. The van der Waals surface area contributed by atoms with E-state index in [9.17, 15) is 45.6 Å². The van der Waals surface area contributed by atoms with Crippen LogP contribution in [0.2, 0.25) is 0 Å². The van der Waals surface area contributed by atoms with Crippen LogP contribution in [0.4, 0.5) is 0 Å². The van der Waals surface area contributed by atoms with Crippen molar-refractivity contribution in [3.8, 4) is 0 Å². The van der Waals surface area contributed by atoms with Crippen LogP contribution < -0.4 is 5.32 Å². The first-order valence-corrected chi connectivity index (χ1v) is 42.3. The molecule has 0 spiro atoms. The zero-order valence-electron chi connectivity index (χ0n) is 65.3. The van der Waals surface area contributed by atoms with Gasteiger partial charge in [-0.3, -0.25) is 4.79 Å². The van der Waals surface area contributed by atoms with Crippen molar-refractivity contribution < 1.29 is 64.6 Å². The number of carbonyl (C=O) groups excluding carboxylic acids is 1. The Morgan fingerprint density at radius 2 is 0.680 bits per heavy atom. The number of ether oxygens (including phenoxy) is 4. The highest BCUT2D eigenvalue weighted by Gasteiger charge is 2.51. The lowest BCUT2D eigenvalue weighted by Gasteiger charge is -2.46. The molecule has 0 saturated carbocycles. The minimum atomic E-state index is -1.80. The molecule has 0 radical (unpaired) electrons. The fraction of sp³-hybridized carbons (Fsp3) is 0.764. The monoisotopic (exact) mass is 1450 g/mol. The van der Waals surface area contributed by atoms with Crippen LogP contribution in [0.15, 0.2) is 122 Å². The summed E-state index contributed by atoms with van der Waals surface area (Å²) in [6, 6.07) is -0.946.